The molecule has 1 heterocycles. The second-order valence-electron chi connectivity index (χ2n) is 3.43. The average Bonchev–Trinajstić information content (AvgIpc) is 2.66. The lowest BCUT2D eigenvalue weighted by Crippen LogP contribution is -1.95. The molecule has 2 N–H and O–H groups in total. The number of halogens is 1. The topological polar surface area (TPSA) is 43.8 Å². The van der Waals surface area contributed by atoms with E-state index in [9.17, 15) is 0 Å². The fourth-order valence-corrected chi connectivity index (χ4v) is 2.83. The monoisotopic (exact) mass is 297 g/mol. The molecule has 0 saturated heterocycles. The number of nitrogens with zero attached hydrogens (tertiary/aromatic N) is 2. The number of aromatic nitrogens is 2. The molecule has 0 radical (unpaired) electrons. The van der Waals surface area contributed by atoms with E-state index in [-0.39, 0.29) is 0 Å². The number of thioether (sulfide) groups is 1. The molecule has 1 aromatic heterocycles. The van der Waals surface area contributed by atoms with E-state index in [0.717, 1.165) is 26.6 Å². The van der Waals surface area contributed by atoms with Gasteiger partial charge in [0.05, 0.1) is 5.75 Å². The van der Waals surface area contributed by atoms with E-state index in [1.54, 1.807) is 18.0 Å². The number of hydrogen-bond acceptors (Lipinski definition) is 3. The summed E-state index contributed by atoms with van der Waals surface area (Å²) in [5.41, 5.74) is 6.71. The average molecular weight is 298 g/mol. The van der Waals surface area contributed by atoms with E-state index in [1.165, 1.54) is 0 Å². The van der Waals surface area contributed by atoms with Crippen LogP contribution in [0.5, 0.6) is 0 Å². The molecule has 0 aliphatic heterocycles. The normalized spacial score (nSPS) is 10.6. The van der Waals surface area contributed by atoms with Gasteiger partial charge in [-0.3, -0.25) is 0 Å². The van der Waals surface area contributed by atoms with E-state index in [0.29, 0.717) is 0 Å². The maximum Gasteiger partial charge on any atom is 0.118 e. The van der Waals surface area contributed by atoms with Gasteiger partial charge < -0.3 is 10.3 Å². The summed E-state index contributed by atoms with van der Waals surface area (Å²) >= 11 is 5.13. The summed E-state index contributed by atoms with van der Waals surface area (Å²) in [5.74, 6) is 1.87. The first-order chi connectivity index (χ1) is 7.66. The molecule has 5 heteroatoms. The van der Waals surface area contributed by atoms with Crippen LogP contribution in [-0.4, -0.2) is 9.55 Å². The number of hydrogen-bond donors (Lipinski definition) is 1. The van der Waals surface area contributed by atoms with Crippen molar-refractivity contribution in [2.24, 2.45) is 7.05 Å². The zero-order valence-electron chi connectivity index (χ0n) is 8.85. The van der Waals surface area contributed by atoms with Gasteiger partial charge in [-0.15, -0.1) is 11.8 Å². The quantitative estimate of drug-likeness (QED) is 0.699. The van der Waals surface area contributed by atoms with Crippen LogP contribution in [0.25, 0.3) is 0 Å². The summed E-state index contributed by atoms with van der Waals surface area (Å²) < 4.78 is 3.06. The fraction of sp³-hybridized carbons (Fsp3) is 0.182. The minimum atomic E-state index is 0.808. The van der Waals surface area contributed by atoms with Crippen LogP contribution in [0.15, 0.2) is 40.0 Å². The van der Waals surface area contributed by atoms with E-state index in [1.807, 2.05) is 36.0 Å². The van der Waals surface area contributed by atoms with Gasteiger partial charge in [-0.2, -0.15) is 0 Å². The molecule has 16 heavy (non-hydrogen) atoms. The van der Waals surface area contributed by atoms with Crippen LogP contribution in [0.2, 0.25) is 0 Å². The van der Waals surface area contributed by atoms with Gasteiger partial charge in [-0.05, 0) is 18.2 Å². The highest BCUT2D eigenvalue weighted by Crippen LogP contribution is 2.30. The van der Waals surface area contributed by atoms with Gasteiger partial charge >= 0.3 is 0 Å². The Morgan fingerprint density at radius 1 is 1.50 bits per heavy atom. The number of nitrogens with two attached hydrogens (primary N) is 1. The zero-order valence-corrected chi connectivity index (χ0v) is 11.3. The number of benzene rings is 1. The minimum Gasteiger partial charge on any atom is -0.398 e. The van der Waals surface area contributed by atoms with Crippen LogP contribution in [0.3, 0.4) is 0 Å². The lowest BCUT2D eigenvalue weighted by Gasteiger charge is -2.06. The molecule has 0 saturated carbocycles. The van der Waals surface area contributed by atoms with Crippen LogP contribution in [-0.2, 0) is 12.8 Å². The Balaban J connectivity index is 2.10. The second-order valence-corrected chi connectivity index (χ2v) is 5.36. The van der Waals surface area contributed by atoms with E-state index in [2.05, 4.69) is 20.9 Å². The van der Waals surface area contributed by atoms with Gasteiger partial charge in [-0.25, -0.2) is 4.98 Å². The predicted octanol–water partition coefficient (Wildman–Crippen LogP) is 3.06. The third-order valence-electron chi connectivity index (χ3n) is 2.25. The molecule has 0 spiro atoms. The van der Waals surface area contributed by atoms with Crippen LogP contribution < -0.4 is 5.73 Å². The van der Waals surface area contributed by atoms with Crippen molar-refractivity contribution in [1.29, 1.82) is 0 Å². The van der Waals surface area contributed by atoms with Crippen molar-refractivity contribution in [3.8, 4) is 0 Å². The largest absolute Gasteiger partial charge is 0.398 e. The molecule has 84 valence electrons. The molecule has 0 fully saturated rings. The summed E-state index contributed by atoms with van der Waals surface area (Å²) in [7, 11) is 1.99. The number of anilines is 1. The lowest BCUT2D eigenvalue weighted by molar-refractivity contribution is 0.849. The summed E-state index contributed by atoms with van der Waals surface area (Å²) in [4.78, 5) is 5.35. The molecule has 2 aromatic rings. The van der Waals surface area contributed by atoms with E-state index in [4.69, 9.17) is 5.73 Å². The van der Waals surface area contributed by atoms with E-state index >= 15 is 0 Å². The van der Waals surface area contributed by atoms with Crippen molar-refractivity contribution >= 4 is 33.4 Å². The first-order valence-electron chi connectivity index (χ1n) is 4.81. The van der Waals surface area contributed by atoms with Crippen molar-refractivity contribution in [3.05, 3.63) is 40.9 Å². The Hall–Kier alpha value is -0.940. The molecule has 0 aliphatic carbocycles. The maximum atomic E-state index is 5.90. The second kappa shape index (κ2) is 4.93. The smallest absolute Gasteiger partial charge is 0.118 e. The summed E-state index contributed by atoms with van der Waals surface area (Å²) in [6.07, 6.45) is 3.75. The number of rotatable bonds is 3. The summed E-state index contributed by atoms with van der Waals surface area (Å²) in [6, 6.07) is 5.88. The summed E-state index contributed by atoms with van der Waals surface area (Å²) in [6.45, 7) is 0. The van der Waals surface area contributed by atoms with Gasteiger partial charge in [-0.1, -0.05) is 15.9 Å². The van der Waals surface area contributed by atoms with Crippen LogP contribution in [0.1, 0.15) is 5.82 Å². The van der Waals surface area contributed by atoms with Crippen LogP contribution in [0.4, 0.5) is 5.69 Å². The molecule has 2 rings (SSSR count). The van der Waals surface area contributed by atoms with Gasteiger partial charge in [0, 0.05) is 34.5 Å². The maximum absolute atomic E-state index is 5.90. The molecular formula is C11H12BrN3S. The number of imidazole rings is 1. The Morgan fingerprint density at radius 3 is 3.00 bits per heavy atom. The summed E-state index contributed by atoms with van der Waals surface area (Å²) in [5, 5.41) is 0. The highest BCUT2D eigenvalue weighted by Gasteiger charge is 2.04. The van der Waals surface area contributed by atoms with Crippen LogP contribution in [0, 0.1) is 0 Å². The Morgan fingerprint density at radius 2 is 2.31 bits per heavy atom. The van der Waals surface area contributed by atoms with Gasteiger partial charge in [0.2, 0.25) is 0 Å². The van der Waals surface area contributed by atoms with Gasteiger partial charge in [0.15, 0.2) is 0 Å². The van der Waals surface area contributed by atoms with Crippen molar-refractivity contribution in [2.45, 2.75) is 10.6 Å². The molecular weight excluding hydrogens is 286 g/mol. The molecule has 1 aromatic carbocycles. The van der Waals surface area contributed by atoms with Crippen molar-refractivity contribution in [3.63, 3.8) is 0 Å². The van der Waals surface area contributed by atoms with E-state index < -0.39 is 0 Å². The first kappa shape index (κ1) is 11.5. The van der Waals surface area contributed by atoms with Crippen molar-refractivity contribution in [2.75, 3.05) is 5.73 Å². The number of aryl methyl sites for hydroxylation is 1. The molecule has 0 amide bonds. The van der Waals surface area contributed by atoms with Crippen molar-refractivity contribution in [1.82, 2.24) is 9.55 Å². The molecule has 0 unspecified atom stereocenters. The van der Waals surface area contributed by atoms with Crippen molar-refractivity contribution < 1.29 is 0 Å². The van der Waals surface area contributed by atoms with Crippen LogP contribution >= 0.6 is 27.7 Å². The third kappa shape index (κ3) is 2.59. The highest BCUT2D eigenvalue weighted by molar-refractivity contribution is 9.10. The predicted molar refractivity (Wildman–Crippen MR) is 71.3 cm³/mol. The molecule has 3 nitrogen and oxygen atoms in total. The SMILES string of the molecule is Cn1ccnc1CSc1cc(Br)ccc1N. The zero-order chi connectivity index (χ0) is 11.5. The minimum absolute atomic E-state index is 0.808. The third-order valence-corrected chi connectivity index (χ3v) is 3.81. The lowest BCUT2D eigenvalue weighted by atomic mass is 10.3. The van der Waals surface area contributed by atoms with Gasteiger partial charge in [0.25, 0.3) is 0 Å². The Bertz CT molecular complexity index is 496. The first-order valence-corrected chi connectivity index (χ1v) is 6.58. The van der Waals surface area contributed by atoms with Gasteiger partial charge in [0.1, 0.15) is 5.82 Å². The Labute approximate surface area is 107 Å². The standard InChI is InChI=1S/C11H12BrN3S/c1-15-5-4-14-11(15)7-16-10-6-8(12)2-3-9(10)13/h2-6H,7,13H2,1H3. The fourth-order valence-electron chi connectivity index (χ4n) is 1.31. The Kier molecular flexibility index (Phi) is 3.56. The molecule has 0 bridgehead atoms. The number of nitrogen functional groups attached to an aromatic ring is 1. The highest BCUT2D eigenvalue weighted by atomic mass is 79.9. The molecule has 0 aliphatic rings. The molecule has 0 atom stereocenters.